The molecule has 0 radical (unpaired) electrons. The number of carboxylic acids is 2. The first-order valence-corrected chi connectivity index (χ1v) is 6.28. The van der Waals surface area contributed by atoms with E-state index in [1.54, 1.807) is 0 Å². The number of carbonyl (C=O) groups is 2. The summed E-state index contributed by atoms with van der Waals surface area (Å²) >= 11 is 0.690. The number of carboxylic acid groups (broad SMARTS) is 2. The topological polar surface area (TPSA) is 101 Å². The maximum atomic E-state index is 12.1. The van der Waals surface area contributed by atoms with Crippen LogP contribution in [0.15, 0.2) is 0 Å². The van der Waals surface area contributed by atoms with Crippen LogP contribution in [0.1, 0.15) is 40.0 Å². The number of hydrogen-bond acceptors (Lipinski definition) is 3. The molecule has 0 aliphatic carbocycles. The molecule has 0 aromatic heterocycles. The van der Waals surface area contributed by atoms with E-state index < -0.39 is 15.6 Å². The maximum Gasteiger partial charge on any atom is 0.363 e. The van der Waals surface area contributed by atoms with E-state index in [0.29, 0.717) is 22.6 Å². The molecule has 0 fully saturated rings. The van der Waals surface area contributed by atoms with E-state index in [4.69, 9.17) is 15.9 Å². The lowest BCUT2D eigenvalue weighted by Gasteiger charge is -2.23. The Morgan fingerprint density at radius 1 is 1.12 bits per heavy atom. The van der Waals surface area contributed by atoms with Crippen LogP contribution >= 0.6 is 22.6 Å². The Kier molecular flexibility index (Phi) is 8.68. The third-order valence-corrected chi connectivity index (χ3v) is 3.57. The van der Waals surface area contributed by atoms with Gasteiger partial charge in [0.05, 0.1) is 0 Å². The molecule has 0 aromatic rings. The highest BCUT2D eigenvalue weighted by Gasteiger charge is 2.44. The third kappa shape index (κ3) is 6.77. The van der Waals surface area contributed by atoms with Crippen LogP contribution in [0.4, 0.5) is 4.39 Å². The molecule has 0 amide bonds. The molecule has 7 heteroatoms. The maximum absolute atomic E-state index is 12.1. The second-order valence-corrected chi connectivity index (χ2v) is 5.09. The fourth-order valence-corrected chi connectivity index (χ4v) is 0.841. The van der Waals surface area contributed by atoms with E-state index in [1.165, 1.54) is 0 Å². The van der Waals surface area contributed by atoms with Crippen molar-refractivity contribution in [1.82, 2.24) is 0 Å². The van der Waals surface area contributed by atoms with Gasteiger partial charge >= 0.3 is 15.6 Å². The van der Waals surface area contributed by atoms with Gasteiger partial charge in [-0.05, 0) is 41.9 Å². The van der Waals surface area contributed by atoms with Crippen LogP contribution < -0.4 is 5.73 Å². The van der Waals surface area contributed by atoms with Gasteiger partial charge in [-0.15, -0.1) is 0 Å². The molecule has 0 aliphatic heterocycles. The predicted molar refractivity (Wildman–Crippen MR) is 70.9 cm³/mol. The summed E-state index contributed by atoms with van der Waals surface area (Å²) in [6.07, 6.45) is 3.29. The summed E-state index contributed by atoms with van der Waals surface area (Å²) in [4.78, 5) is 19.4. The Balaban J connectivity index is 0. The van der Waals surface area contributed by atoms with Crippen molar-refractivity contribution in [2.45, 2.75) is 49.2 Å². The zero-order valence-corrected chi connectivity index (χ0v) is 12.3. The van der Waals surface area contributed by atoms with Crippen LogP contribution in [0.5, 0.6) is 0 Å². The predicted octanol–water partition coefficient (Wildman–Crippen LogP) is 2.17. The molecule has 0 rings (SSSR count). The minimum atomic E-state index is -3.20. The highest BCUT2D eigenvalue weighted by Crippen LogP contribution is 2.20. The number of hydrogen-bond donors (Lipinski definition) is 3. The van der Waals surface area contributed by atoms with E-state index >= 15 is 0 Å². The smallest absolute Gasteiger partial charge is 0.363 e. The number of nitrogens with two attached hydrogens (primary N) is 1. The highest BCUT2D eigenvalue weighted by molar-refractivity contribution is 14.1. The van der Waals surface area contributed by atoms with Gasteiger partial charge in [0.2, 0.25) is 0 Å². The van der Waals surface area contributed by atoms with E-state index in [-0.39, 0.29) is 5.54 Å². The molecular formula is C10H19FINO4. The van der Waals surface area contributed by atoms with E-state index in [9.17, 15) is 14.0 Å². The van der Waals surface area contributed by atoms with Crippen LogP contribution in [0, 0.1) is 0 Å². The van der Waals surface area contributed by atoms with Gasteiger partial charge in [0, 0.05) is 5.54 Å². The van der Waals surface area contributed by atoms with Gasteiger partial charge in [0.25, 0.3) is 0 Å². The van der Waals surface area contributed by atoms with Crippen molar-refractivity contribution >= 4 is 34.5 Å². The van der Waals surface area contributed by atoms with E-state index in [0.717, 1.165) is 19.3 Å². The summed E-state index contributed by atoms with van der Waals surface area (Å²) in [6.45, 7) is 6.44. The molecule has 0 saturated heterocycles. The summed E-state index contributed by atoms with van der Waals surface area (Å²) in [5, 5.41) is 15.7. The molecule has 0 aliphatic rings. The summed E-state index contributed by atoms with van der Waals surface area (Å²) in [5.74, 6) is -4.01. The van der Waals surface area contributed by atoms with Crippen LogP contribution in [-0.4, -0.2) is 31.4 Å². The second-order valence-electron chi connectivity index (χ2n) is 3.61. The van der Waals surface area contributed by atoms with Crippen LogP contribution in [0.2, 0.25) is 0 Å². The molecule has 0 aromatic carbocycles. The molecule has 102 valence electrons. The fraction of sp³-hybridized carbons (Fsp3) is 0.800. The Morgan fingerprint density at radius 3 is 1.35 bits per heavy atom. The molecule has 17 heavy (non-hydrogen) atoms. The first kappa shape index (κ1) is 18.9. The first-order valence-electron chi connectivity index (χ1n) is 5.20. The van der Waals surface area contributed by atoms with Gasteiger partial charge in [-0.25, -0.2) is 14.0 Å². The lowest BCUT2D eigenvalue weighted by atomic mass is 9.92. The van der Waals surface area contributed by atoms with Gasteiger partial charge in [0.15, 0.2) is 0 Å². The van der Waals surface area contributed by atoms with Crippen molar-refractivity contribution in [3.8, 4) is 0 Å². The average molecular weight is 363 g/mol. The minimum absolute atomic E-state index is 0.125. The van der Waals surface area contributed by atoms with Gasteiger partial charge in [-0.1, -0.05) is 20.8 Å². The zero-order valence-electron chi connectivity index (χ0n) is 10.2. The second kappa shape index (κ2) is 7.80. The lowest BCUT2D eigenvalue weighted by Crippen LogP contribution is -2.37. The quantitative estimate of drug-likeness (QED) is 0.395. The van der Waals surface area contributed by atoms with Crippen LogP contribution in [-0.2, 0) is 9.59 Å². The van der Waals surface area contributed by atoms with Gasteiger partial charge < -0.3 is 15.9 Å². The Labute approximate surface area is 114 Å². The number of alkyl halides is 2. The number of aliphatic carboxylic acids is 2. The van der Waals surface area contributed by atoms with Gasteiger partial charge in [-0.2, -0.15) is 0 Å². The van der Waals surface area contributed by atoms with Crippen molar-refractivity contribution in [3.05, 3.63) is 0 Å². The zero-order chi connectivity index (χ0) is 14.3. The molecule has 0 bridgehead atoms. The number of halogens is 2. The highest BCUT2D eigenvalue weighted by atomic mass is 127. The molecule has 4 N–H and O–H groups in total. The molecule has 0 unspecified atom stereocenters. The SMILES string of the molecule is CCC(N)(CC)CC.O=C(O)C(F)(I)C(=O)O. The van der Waals surface area contributed by atoms with Crippen LogP contribution in [0.3, 0.4) is 0 Å². The molecule has 0 spiro atoms. The molecule has 0 saturated carbocycles. The van der Waals surface area contributed by atoms with Crippen molar-refractivity contribution in [1.29, 1.82) is 0 Å². The van der Waals surface area contributed by atoms with Crippen molar-refractivity contribution in [2.75, 3.05) is 0 Å². The largest absolute Gasteiger partial charge is 0.478 e. The molecule has 5 nitrogen and oxygen atoms in total. The van der Waals surface area contributed by atoms with Crippen molar-refractivity contribution < 1.29 is 24.2 Å². The summed E-state index contributed by atoms with van der Waals surface area (Å²) in [6, 6.07) is 0. The van der Waals surface area contributed by atoms with Crippen LogP contribution in [0.25, 0.3) is 0 Å². The Hall–Kier alpha value is -0.440. The molecular weight excluding hydrogens is 344 g/mol. The minimum Gasteiger partial charge on any atom is -0.478 e. The summed E-state index contributed by atoms with van der Waals surface area (Å²) in [7, 11) is 0. The normalized spacial score (nSPS) is 11.4. The molecule has 0 atom stereocenters. The van der Waals surface area contributed by atoms with E-state index in [2.05, 4.69) is 20.8 Å². The first-order chi connectivity index (χ1) is 7.57. The Morgan fingerprint density at radius 2 is 1.35 bits per heavy atom. The summed E-state index contributed by atoms with van der Waals surface area (Å²) in [5.41, 5.74) is 6.02. The average Bonchev–Trinajstić information content (AvgIpc) is 2.28. The standard InChI is InChI=1S/C7H17N.C3H2FIO4/c1-4-7(8,5-2)6-3;4-3(5,1(6)7)2(8)9/h4-6,8H2,1-3H3;(H,6,7)(H,8,9). The summed E-state index contributed by atoms with van der Waals surface area (Å²) < 4.78 is 8.93. The fourth-order valence-electron chi connectivity index (χ4n) is 0.841. The number of rotatable bonds is 5. The van der Waals surface area contributed by atoms with Gasteiger partial charge in [-0.3, -0.25) is 0 Å². The van der Waals surface area contributed by atoms with Gasteiger partial charge in [0.1, 0.15) is 0 Å². The van der Waals surface area contributed by atoms with Crippen molar-refractivity contribution in [3.63, 3.8) is 0 Å². The monoisotopic (exact) mass is 363 g/mol. The third-order valence-electron chi connectivity index (χ3n) is 2.65. The lowest BCUT2D eigenvalue weighted by molar-refractivity contribution is -0.157. The molecule has 0 heterocycles. The Bertz CT molecular complexity index is 243. The van der Waals surface area contributed by atoms with Crippen molar-refractivity contribution in [2.24, 2.45) is 5.73 Å². The van der Waals surface area contributed by atoms with E-state index in [1.807, 2.05) is 0 Å².